The van der Waals surface area contributed by atoms with Gasteiger partial charge in [-0.25, -0.2) is 0 Å². The van der Waals surface area contributed by atoms with Gasteiger partial charge in [0.15, 0.2) is 0 Å². The molecular weight excluding hydrogens is 306 g/mol. The van der Waals surface area contributed by atoms with E-state index in [1.165, 1.54) is 6.42 Å². The molecule has 1 N–H and O–H groups in total. The molecule has 0 aliphatic heterocycles. The summed E-state index contributed by atoms with van der Waals surface area (Å²) in [6.45, 7) is 0.479. The Morgan fingerprint density at radius 1 is 0.957 bits per heavy atom. The van der Waals surface area contributed by atoms with Crippen molar-refractivity contribution < 1.29 is 4.79 Å². The van der Waals surface area contributed by atoms with Crippen LogP contribution in [-0.2, 0) is 16.8 Å². The fourth-order valence-electron chi connectivity index (χ4n) is 3.55. The van der Waals surface area contributed by atoms with Crippen molar-refractivity contribution in [3.05, 3.63) is 70.7 Å². The first-order chi connectivity index (χ1) is 11.2. The summed E-state index contributed by atoms with van der Waals surface area (Å²) in [6, 6.07) is 17.9. The third-order valence-electron chi connectivity index (χ3n) is 4.87. The third-order valence-corrected chi connectivity index (χ3v) is 5.23. The van der Waals surface area contributed by atoms with Gasteiger partial charge in [0.05, 0.1) is 5.41 Å². The minimum absolute atomic E-state index is 0.128. The quantitative estimate of drug-likeness (QED) is 0.853. The second-order valence-electron chi connectivity index (χ2n) is 6.28. The van der Waals surface area contributed by atoms with Gasteiger partial charge in [0, 0.05) is 11.6 Å². The minimum atomic E-state index is -0.388. The molecule has 120 valence electrons. The van der Waals surface area contributed by atoms with Crippen LogP contribution in [-0.4, -0.2) is 5.91 Å². The fourth-order valence-corrected chi connectivity index (χ4v) is 3.75. The largest absolute Gasteiger partial charge is 0.351 e. The van der Waals surface area contributed by atoms with Crippen molar-refractivity contribution in [1.82, 2.24) is 5.32 Å². The van der Waals surface area contributed by atoms with Gasteiger partial charge >= 0.3 is 0 Å². The van der Waals surface area contributed by atoms with Crippen LogP contribution >= 0.6 is 11.6 Å². The molecule has 1 fully saturated rings. The van der Waals surface area contributed by atoms with Crippen LogP contribution < -0.4 is 5.32 Å². The molecule has 0 spiro atoms. The van der Waals surface area contributed by atoms with Crippen molar-refractivity contribution in [1.29, 1.82) is 0 Å². The predicted octanol–water partition coefficient (Wildman–Crippen LogP) is 4.86. The van der Waals surface area contributed by atoms with E-state index in [4.69, 9.17) is 11.6 Å². The number of carbonyl (C=O) groups excluding carboxylic acids is 1. The molecule has 1 aliphatic carbocycles. The number of carbonyl (C=O) groups is 1. The lowest BCUT2D eigenvalue weighted by Gasteiger charge is -2.36. The van der Waals surface area contributed by atoms with Crippen molar-refractivity contribution in [3.63, 3.8) is 0 Å². The first-order valence-electron chi connectivity index (χ1n) is 8.30. The molecule has 0 atom stereocenters. The van der Waals surface area contributed by atoms with Gasteiger partial charge in [-0.15, -0.1) is 0 Å². The number of rotatable bonds is 4. The van der Waals surface area contributed by atoms with Crippen LogP contribution in [0.5, 0.6) is 0 Å². The Kier molecular flexibility index (Phi) is 5.02. The molecule has 0 aromatic heterocycles. The Hall–Kier alpha value is -1.80. The van der Waals surface area contributed by atoms with E-state index in [9.17, 15) is 4.79 Å². The molecule has 2 aromatic rings. The summed E-state index contributed by atoms with van der Waals surface area (Å²) < 4.78 is 0. The number of nitrogens with one attached hydrogen (secondary N) is 1. The Morgan fingerprint density at radius 3 is 2.30 bits per heavy atom. The van der Waals surface area contributed by atoms with E-state index in [0.29, 0.717) is 11.6 Å². The number of hydrogen-bond acceptors (Lipinski definition) is 1. The molecular formula is C20H22ClNO. The van der Waals surface area contributed by atoms with Crippen LogP contribution in [0.2, 0.25) is 5.02 Å². The zero-order chi connectivity index (χ0) is 16.1. The molecule has 0 bridgehead atoms. The highest BCUT2D eigenvalue weighted by Gasteiger charge is 2.40. The first-order valence-corrected chi connectivity index (χ1v) is 8.67. The van der Waals surface area contributed by atoms with Crippen LogP contribution in [0, 0.1) is 0 Å². The summed E-state index contributed by atoms with van der Waals surface area (Å²) in [4.78, 5) is 13.1. The average molecular weight is 328 g/mol. The summed E-state index contributed by atoms with van der Waals surface area (Å²) in [5.74, 6) is 0.128. The van der Waals surface area contributed by atoms with Gasteiger partial charge in [0.2, 0.25) is 5.91 Å². The van der Waals surface area contributed by atoms with E-state index in [2.05, 4.69) is 17.4 Å². The molecule has 23 heavy (non-hydrogen) atoms. The Bertz CT molecular complexity index is 662. The van der Waals surface area contributed by atoms with Crippen LogP contribution in [0.1, 0.15) is 43.2 Å². The average Bonchev–Trinajstić information content (AvgIpc) is 2.62. The van der Waals surface area contributed by atoms with Crippen LogP contribution in [0.15, 0.2) is 54.6 Å². The van der Waals surface area contributed by atoms with Gasteiger partial charge in [0.1, 0.15) is 0 Å². The molecule has 2 nitrogen and oxygen atoms in total. The first kappa shape index (κ1) is 16.1. The maximum Gasteiger partial charge on any atom is 0.230 e. The molecule has 1 saturated carbocycles. The summed E-state index contributed by atoms with van der Waals surface area (Å²) in [5, 5.41) is 3.82. The second kappa shape index (κ2) is 7.18. The summed E-state index contributed by atoms with van der Waals surface area (Å²) in [6.07, 6.45) is 5.27. The number of amides is 1. The van der Waals surface area contributed by atoms with Gasteiger partial charge in [0.25, 0.3) is 0 Å². The lowest BCUT2D eigenvalue weighted by molar-refractivity contribution is -0.128. The monoisotopic (exact) mass is 327 g/mol. The zero-order valence-corrected chi connectivity index (χ0v) is 14.0. The van der Waals surface area contributed by atoms with E-state index >= 15 is 0 Å². The minimum Gasteiger partial charge on any atom is -0.351 e. The van der Waals surface area contributed by atoms with E-state index in [0.717, 1.165) is 36.8 Å². The lowest BCUT2D eigenvalue weighted by atomic mass is 9.68. The van der Waals surface area contributed by atoms with Gasteiger partial charge in [-0.2, -0.15) is 0 Å². The van der Waals surface area contributed by atoms with E-state index in [1.54, 1.807) is 0 Å². The summed E-state index contributed by atoms with van der Waals surface area (Å²) in [5.41, 5.74) is 1.71. The van der Waals surface area contributed by atoms with E-state index < -0.39 is 0 Å². The molecule has 0 radical (unpaired) electrons. The van der Waals surface area contributed by atoms with Crippen molar-refractivity contribution in [2.45, 2.75) is 44.1 Å². The van der Waals surface area contributed by atoms with Crippen molar-refractivity contribution >= 4 is 17.5 Å². The smallest absolute Gasteiger partial charge is 0.230 e. The molecule has 3 heteroatoms. The number of halogens is 1. The molecule has 1 amide bonds. The maximum atomic E-state index is 13.1. The van der Waals surface area contributed by atoms with E-state index in [-0.39, 0.29) is 11.3 Å². The van der Waals surface area contributed by atoms with Gasteiger partial charge in [-0.05, 0) is 30.0 Å². The molecule has 3 rings (SSSR count). The standard InChI is InChI=1S/C20H22ClNO/c21-18-12-6-5-9-16(18)15-22-19(23)20(13-7-2-8-14-20)17-10-3-1-4-11-17/h1,3-6,9-12H,2,7-8,13-15H2,(H,22,23). The summed E-state index contributed by atoms with van der Waals surface area (Å²) >= 11 is 6.19. The summed E-state index contributed by atoms with van der Waals surface area (Å²) in [7, 11) is 0. The molecule has 1 aliphatic rings. The van der Waals surface area contributed by atoms with Crippen molar-refractivity contribution in [2.24, 2.45) is 0 Å². The van der Waals surface area contributed by atoms with Crippen molar-refractivity contribution in [2.75, 3.05) is 0 Å². The molecule has 0 heterocycles. The van der Waals surface area contributed by atoms with Crippen LogP contribution in [0.25, 0.3) is 0 Å². The Labute approximate surface area is 142 Å². The van der Waals surface area contributed by atoms with Gasteiger partial charge in [-0.3, -0.25) is 4.79 Å². The maximum absolute atomic E-state index is 13.1. The molecule has 2 aromatic carbocycles. The highest BCUT2D eigenvalue weighted by Crippen LogP contribution is 2.39. The normalized spacial score (nSPS) is 16.7. The topological polar surface area (TPSA) is 29.1 Å². The molecule has 0 unspecified atom stereocenters. The van der Waals surface area contributed by atoms with Gasteiger partial charge < -0.3 is 5.32 Å². The third kappa shape index (κ3) is 3.42. The highest BCUT2D eigenvalue weighted by molar-refractivity contribution is 6.31. The highest BCUT2D eigenvalue weighted by atomic mass is 35.5. The van der Waals surface area contributed by atoms with Gasteiger partial charge in [-0.1, -0.05) is 79.4 Å². The molecule has 0 saturated heterocycles. The Morgan fingerprint density at radius 2 is 1.61 bits per heavy atom. The zero-order valence-electron chi connectivity index (χ0n) is 13.2. The SMILES string of the molecule is O=C(NCc1ccccc1Cl)C1(c2ccccc2)CCCCC1. The number of hydrogen-bond donors (Lipinski definition) is 1. The fraction of sp³-hybridized carbons (Fsp3) is 0.350. The Balaban J connectivity index is 1.80. The second-order valence-corrected chi connectivity index (χ2v) is 6.69. The van der Waals surface area contributed by atoms with Crippen LogP contribution in [0.3, 0.4) is 0 Å². The number of benzene rings is 2. The van der Waals surface area contributed by atoms with Crippen LogP contribution in [0.4, 0.5) is 0 Å². The van der Waals surface area contributed by atoms with Crippen molar-refractivity contribution in [3.8, 4) is 0 Å². The van der Waals surface area contributed by atoms with E-state index in [1.807, 2.05) is 42.5 Å². The lowest BCUT2D eigenvalue weighted by Crippen LogP contribution is -2.45. The predicted molar refractivity (Wildman–Crippen MR) is 94.5 cm³/mol.